The van der Waals surface area contributed by atoms with E-state index in [0.717, 1.165) is 38.6 Å². The van der Waals surface area contributed by atoms with Crippen LogP contribution in [0.15, 0.2) is 35.8 Å². The Labute approximate surface area is 195 Å². The zero-order chi connectivity index (χ0) is 21.3. The van der Waals surface area contributed by atoms with E-state index in [4.69, 9.17) is 9.97 Å². The van der Waals surface area contributed by atoms with Crippen LogP contribution in [0.5, 0.6) is 0 Å². The minimum Gasteiger partial charge on any atom is -0.368 e. The molecular formula is C26H33N5S. The first kappa shape index (κ1) is 20.4. The van der Waals surface area contributed by atoms with Gasteiger partial charge in [0, 0.05) is 62.8 Å². The summed E-state index contributed by atoms with van der Waals surface area (Å²) in [6, 6.07) is 8.90. The number of aromatic nitrogens is 2. The van der Waals surface area contributed by atoms with Crippen molar-refractivity contribution in [2.45, 2.75) is 51.0 Å². The first-order chi connectivity index (χ1) is 15.8. The van der Waals surface area contributed by atoms with E-state index in [1.807, 2.05) is 17.5 Å². The lowest BCUT2D eigenvalue weighted by Crippen LogP contribution is -2.31. The molecule has 0 N–H and O–H groups in total. The fourth-order valence-electron chi connectivity index (χ4n) is 5.38. The smallest absolute Gasteiger partial charge is 0.185 e. The fourth-order valence-corrected chi connectivity index (χ4v) is 6.25. The van der Waals surface area contributed by atoms with Crippen molar-refractivity contribution in [3.63, 3.8) is 0 Å². The van der Waals surface area contributed by atoms with Gasteiger partial charge in [-0.1, -0.05) is 18.2 Å². The number of nitrogens with zero attached hydrogens (tertiary/aromatic N) is 5. The van der Waals surface area contributed by atoms with Crippen LogP contribution in [0.4, 0.5) is 10.8 Å². The second-order valence-electron chi connectivity index (χ2n) is 9.64. The summed E-state index contributed by atoms with van der Waals surface area (Å²) in [5.74, 6) is 0.735. The lowest BCUT2D eigenvalue weighted by atomic mass is 10.0. The van der Waals surface area contributed by atoms with Crippen LogP contribution in [0.2, 0.25) is 0 Å². The normalized spacial score (nSPS) is 20.6. The summed E-state index contributed by atoms with van der Waals surface area (Å²) in [5.41, 5.74) is 5.37. The van der Waals surface area contributed by atoms with Crippen molar-refractivity contribution in [3.8, 4) is 0 Å². The predicted molar refractivity (Wildman–Crippen MR) is 134 cm³/mol. The monoisotopic (exact) mass is 447 g/mol. The molecule has 168 valence electrons. The summed E-state index contributed by atoms with van der Waals surface area (Å²) in [6.45, 7) is 7.73. The van der Waals surface area contributed by atoms with Gasteiger partial charge in [0.25, 0.3) is 0 Å². The molecule has 32 heavy (non-hydrogen) atoms. The maximum Gasteiger partial charge on any atom is 0.185 e. The predicted octanol–water partition coefficient (Wildman–Crippen LogP) is 5.27. The maximum atomic E-state index is 5.00. The van der Waals surface area contributed by atoms with Crippen LogP contribution in [0.3, 0.4) is 0 Å². The Morgan fingerprint density at radius 1 is 0.875 bits per heavy atom. The molecule has 6 heteroatoms. The molecular weight excluding hydrogens is 414 g/mol. The van der Waals surface area contributed by atoms with E-state index in [1.165, 1.54) is 84.6 Å². The molecule has 0 amide bonds. The van der Waals surface area contributed by atoms with E-state index in [2.05, 4.69) is 44.3 Å². The van der Waals surface area contributed by atoms with Gasteiger partial charge in [-0.2, -0.15) is 0 Å². The van der Waals surface area contributed by atoms with Gasteiger partial charge >= 0.3 is 0 Å². The average molecular weight is 448 g/mol. The third-order valence-electron chi connectivity index (χ3n) is 7.25. The van der Waals surface area contributed by atoms with Gasteiger partial charge in [0.05, 0.1) is 16.9 Å². The van der Waals surface area contributed by atoms with Gasteiger partial charge in [0.1, 0.15) is 0 Å². The first-order valence-corrected chi connectivity index (χ1v) is 13.3. The molecule has 3 aromatic rings. The van der Waals surface area contributed by atoms with E-state index >= 15 is 0 Å². The Balaban J connectivity index is 1.17. The zero-order valence-electron chi connectivity index (χ0n) is 18.9. The number of hydrogen-bond acceptors (Lipinski definition) is 6. The van der Waals surface area contributed by atoms with Crippen LogP contribution in [0.1, 0.15) is 55.7 Å². The molecule has 5 nitrogen and oxygen atoms in total. The Kier molecular flexibility index (Phi) is 5.74. The van der Waals surface area contributed by atoms with Crippen molar-refractivity contribution >= 4 is 33.1 Å². The van der Waals surface area contributed by atoms with Crippen LogP contribution in [0.25, 0.3) is 10.9 Å². The number of thiazole rings is 1. The quantitative estimate of drug-likeness (QED) is 0.532. The molecule has 3 aliphatic rings. The van der Waals surface area contributed by atoms with Gasteiger partial charge in [-0.25, -0.2) is 4.98 Å². The van der Waals surface area contributed by atoms with Crippen LogP contribution >= 0.6 is 11.3 Å². The zero-order valence-corrected chi connectivity index (χ0v) is 19.7. The van der Waals surface area contributed by atoms with Crippen LogP contribution in [-0.4, -0.2) is 54.1 Å². The standard InChI is InChI=1S/C26H33N5S/c1-2-13-31(14-3-1)26-28-22(19-32-26)18-29-12-5-15-30(17-16-29)25-23(20-7-8-20)10-9-21-6-4-11-27-24(21)25/h4,6,9-11,19-20H,1-3,5,7-8,12-18H2. The summed E-state index contributed by atoms with van der Waals surface area (Å²) in [5, 5.41) is 4.78. The number of fused-ring (bicyclic) bond motifs is 1. The summed E-state index contributed by atoms with van der Waals surface area (Å²) in [7, 11) is 0. The highest BCUT2D eigenvalue weighted by atomic mass is 32.1. The highest BCUT2D eigenvalue weighted by Gasteiger charge is 2.30. The molecule has 3 fully saturated rings. The Morgan fingerprint density at radius 3 is 2.62 bits per heavy atom. The second-order valence-corrected chi connectivity index (χ2v) is 10.5. The highest BCUT2D eigenvalue weighted by Crippen LogP contribution is 2.46. The number of piperidine rings is 1. The van der Waals surface area contributed by atoms with E-state index in [-0.39, 0.29) is 0 Å². The van der Waals surface area contributed by atoms with Crippen molar-refractivity contribution in [2.75, 3.05) is 49.1 Å². The Bertz CT molecular complexity index is 1070. The molecule has 0 bridgehead atoms. The van der Waals surface area contributed by atoms with Crippen LogP contribution in [0, 0.1) is 0 Å². The molecule has 0 radical (unpaired) electrons. The number of anilines is 2. The lowest BCUT2D eigenvalue weighted by Gasteiger charge is -2.27. The van der Waals surface area contributed by atoms with Crippen molar-refractivity contribution in [1.82, 2.24) is 14.9 Å². The Morgan fingerprint density at radius 2 is 1.75 bits per heavy atom. The molecule has 2 saturated heterocycles. The molecule has 1 aliphatic carbocycles. The molecule has 0 atom stereocenters. The summed E-state index contributed by atoms with van der Waals surface area (Å²) >= 11 is 1.83. The van der Waals surface area contributed by atoms with Gasteiger partial charge in [0.2, 0.25) is 0 Å². The molecule has 2 aliphatic heterocycles. The SMILES string of the molecule is c1cnc2c(N3CCCN(Cc4csc(N5CCCCC5)n4)CC3)c(C3CC3)ccc2c1. The number of pyridine rings is 1. The minimum atomic E-state index is 0.735. The second kappa shape index (κ2) is 8.99. The van der Waals surface area contributed by atoms with Crippen molar-refractivity contribution in [3.05, 3.63) is 47.1 Å². The van der Waals surface area contributed by atoms with E-state index in [9.17, 15) is 0 Å². The topological polar surface area (TPSA) is 35.5 Å². The number of benzene rings is 1. The van der Waals surface area contributed by atoms with Gasteiger partial charge < -0.3 is 9.80 Å². The molecule has 0 spiro atoms. The van der Waals surface area contributed by atoms with Gasteiger partial charge in [0.15, 0.2) is 5.13 Å². The molecule has 4 heterocycles. The molecule has 2 aromatic heterocycles. The summed E-state index contributed by atoms with van der Waals surface area (Å²) in [4.78, 5) is 17.5. The third-order valence-corrected chi connectivity index (χ3v) is 8.20. The largest absolute Gasteiger partial charge is 0.368 e. The van der Waals surface area contributed by atoms with E-state index in [1.54, 1.807) is 0 Å². The minimum absolute atomic E-state index is 0.735. The molecule has 1 aromatic carbocycles. The summed E-state index contributed by atoms with van der Waals surface area (Å²) < 4.78 is 0. The third kappa shape index (κ3) is 4.23. The summed E-state index contributed by atoms with van der Waals surface area (Å²) in [6.07, 6.45) is 9.79. The maximum absolute atomic E-state index is 5.00. The van der Waals surface area contributed by atoms with Crippen LogP contribution < -0.4 is 9.80 Å². The molecule has 6 rings (SSSR count). The lowest BCUT2D eigenvalue weighted by molar-refractivity contribution is 0.282. The number of rotatable bonds is 5. The van der Waals surface area contributed by atoms with Crippen molar-refractivity contribution in [1.29, 1.82) is 0 Å². The molecule has 1 saturated carbocycles. The van der Waals surface area contributed by atoms with E-state index < -0.39 is 0 Å². The first-order valence-electron chi connectivity index (χ1n) is 12.4. The Hall–Kier alpha value is -2.18. The van der Waals surface area contributed by atoms with Gasteiger partial charge in [-0.3, -0.25) is 9.88 Å². The van der Waals surface area contributed by atoms with Crippen molar-refractivity contribution < 1.29 is 0 Å². The van der Waals surface area contributed by atoms with E-state index in [0.29, 0.717) is 0 Å². The molecule has 0 unspecified atom stereocenters. The van der Waals surface area contributed by atoms with Gasteiger partial charge in [-0.05, 0) is 56.1 Å². The van der Waals surface area contributed by atoms with Gasteiger partial charge in [-0.15, -0.1) is 11.3 Å². The van der Waals surface area contributed by atoms with Crippen LogP contribution in [-0.2, 0) is 6.54 Å². The van der Waals surface area contributed by atoms with Crippen molar-refractivity contribution in [2.24, 2.45) is 0 Å². The highest BCUT2D eigenvalue weighted by molar-refractivity contribution is 7.13. The fraction of sp³-hybridized carbons (Fsp3) is 0.538. The average Bonchev–Trinajstić information content (AvgIpc) is 3.62. The number of hydrogen-bond donors (Lipinski definition) is 0.